The minimum Gasteiger partial charge on any atom is -0.299 e. The molecule has 0 atom stereocenters. The van der Waals surface area contributed by atoms with E-state index in [-0.39, 0.29) is 5.78 Å². The lowest BCUT2D eigenvalue weighted by atomic mass is 10.0. The molecular weight excluding hydrogens is 326 g/mol. The highest BCUT2D eigenvalue weighted by Gasteiger charge is 2.09. The average Bonchev–Trinajstić information content (AvgIpc) is 3.03. The summed E-state index contributed by atoms with van der Waals surface area (Å²) in [5, 5.41) is 3.45. The van der Waals surface area contributed by atoms with Gasteiger partial charge in [-0.3, -0.25) is 4.79 Å². The van der Waals surface area contributed by atoms with Crippen LogP contribution in [0.3, 0.4) is 0 Å². The summed E-state index contributed by atoms with van der Waals surface area (Å²) in [5.41, 5.74) is 2.29. The summed E-state index contributed by atoms with van der Waals surface area (Å²) >= 11 is 1.62. The topological polar surface area (TPSA) is 30.0 Å². The summed E-state index contributed by atoms with van der Waals surface area (Å²) in [7, 11) is 0. The van der Waals surface area contributed by atoms with Crippen molar-refractivity contribution in [3.05, 3.63) is 77.3 Å². The fourth-order valence-corrected chi connectivity index (χ4v) is 4.13. The summed E-state index contributed by atoms with van der Waals surface area (Å²) in [6, 6.07) is 23.0. The van der Waals surface area contributed by atoms with Crippen LogP contribution in [0.2, 0.25) is 0 Å². The Kier molecular flexibility index (Phi) is 4.57. The highest BCUT2D eigenvalue weighted by molar-refractivity contribution is 7.18. The standard InChI is InChI=1S/C22H19NOS/c24-19(15-22-23-20-10-3-4-11-21(20)25-22)9-5-6-16-12-13-17-7-1-2-8-18(17)14-16/h1-4,7-8,10-14H,5-6,9,15H2. The average molecular weight is 345 g/mol. The minimum atomic E-state index is 0.278. The van der Waals surface area contributed by atoms with Gasteiger partial charge in [0.05, 0.1) is 16.6 Å². The van der Waals surface area contributed by atoms with E-state index in [0.29, 0.717) is 12.8 Å². The lowest BCUT2D eigenvalue weighted by Crippen LogP contribution is -2.03. The second kappa shape index (κ2) is 7.16. The molecule has 0 spiro atoms. The quantitative estimate of drug-likeness (QED) is 0.456. The van der Waals surface area contributed by atoms with Gasteiger partial charge in [-0.25, -0.2) is 4.98 Å². The second-order valence-corrected chi connectivity index (χ2v) is 7.44. The number of nitrogens with zero attached hydrogens (tertiary/aromatic N) is 1. The smallest absolute Gasteiger partial charge is 0.139 e. The maximum atomic E-state index is 12.3. The molecule has 25 heavy (non-hydrogen) atoms. The third kappa shape index (κ3) is 3.77. The van der Waals surface area contributed by atoms with Gasteiger partial charge in [-0.05, 0) is 41.3 Å². The fourth-order valence-electron chi connectivity index (χ4n) is 3.14. The van der Waals surface area contributed by atoms with Crippen molar-refractivity contribution < 1.29 is 4.79 Å². The summed E-state index contributed by atoms with van der Waals surface area (Å²) in [6.07, 6.45) is 2.90. The Morgan fingerprint density at radius 2 is 1.72 bits per heavy atom. The Morgan fingerprint density at radius 3 is 2.60 bits per heavy atom. The molecule has 0 aliphatic heterocycles. The van der Waals surface area contributed by atoms with Gasteiger partial charge < -0.3 is 0 Å². The number of aromatic nitrogens is 1. The monoisotopic (exact) mass is 345 g/mol. The van der Waals surface area contributed by atoms with E-state index in [1.165, 1.54) is 16.3 Å². The second-order valence-electron chi connectivity index (χ2n) is 6.33. The van der Waals surface area contributed by atoms with Crippen LogP contribution in [0.4, 0.5) is 0 Å². The number of aryl methyl sites for hydroxylation is 1. The van der Waals surface area contributed by atoms with E-state index in [2.05, 4.69) is 53.5 Å². The zero-order valence-corrected chi connectivity index (χ0v) is 14.8. The van der Waals surface area contributed by atoms with Gasteiger partial charge in [0.1, 0.15) is 10.8 Å². The van der Waals surface area contributed by atoms with E-state index in [1.54, 1.807) is 11.3 Å². The van der Waals surface area contributed by atoms with E-state index in [1.807, 2.05) is 18.2 Å². The van der Waals surface area contributed by atoms with Crippen molar-refractivity contribution in [1.82, 2.24) is 4.98 Å². The number of rotatable bonds is 6. The van der Waals surface area contributed by atoms with Gasteiger partial charge in [-0.15, -0.1) is 11.3 Å². The molecule has 124 valence electrons. The largest absolute Gasteiger partial charge is 0.299 e. The number of benzene rings is 3. The molecule has 1 heterocycles. The first kappa shape index (κ1) is 16.0. The molecule has 3 heteroatoms. The van der Waals surface area contributed by atoms with Crippen LogP contribution in [0.5, 0.6) is 0 Å². The molecule has 0 saturated carbocycles. The highest BCUT2D eigenvalue weighted by atomic mass is 32.1. The predicted octanol–water partition coefficient (Wildman–Crippen LogP) is 5.58. The molecular formula is C22H19NOS. The normalized spacial score (nSPS) is 11.2. The van der Waals surface area contributed by atoms with E-state index in [4.69, 9.17) is 0 Å². The Labute approximate surface area is 151 Å². The molecule has 0 amide bonds. The van der Waals surface area contributed by atoms with Crippen LogP contribution in [0.15, 0.2) is 66.7 Å². The highest BCUT2D eigenvalue weighted by Crippen LogP contribution is 2.22. The molecule has 0 unspecified atom stereocenters. The molecule has 0 aliphatic carbocycles. The summed E-state index contributed by atoms with van der Waals surface area (Å²) in [5.74, 6) is 0.278. The van der Waals surface area contributed by atoms with Crippen molar-refractivity contribution in [1.29, 1.82) is 0 Å². The first-order chi connectivity index (χ1) is 12.3. The van der Waals surface area contributed by atoms with Crippen LogP contribution < -0.4 is 0 Å². The van der Waals surface area contributed by atoms with E-state index in [0.717, 1.165) is 28.1 Å². The number of carbonyl (C=O) groups is 1. The van der Waals surface area contributed by atoms with Gasteiger partial charge in [-0.1, -0.05) is 54.6 Å². The molecule has 4 aromatic rings. The number of Topliss-reactive ketones (excluding diaryl/α,β-unsaturated/α-hetero) is 1. The van der Waals surface area contributed by atoms with Crippen molar-refractivity contribution in [3.8, 4) is 0 Å². The van der Waals surface area contributed by atoms with Crippen molar-refractivity contribution in [2.45, 2.75) is 25.7 Å². The molecule has 2 nitrogen and oxygen atoms in total. The first-order valence-corrected chi connectivity index (χ1v) is 9.43. The molecule has 0 fully saturated rings. The van der Waals surface area contributed by atoms with Gasteiger partial charge in [0.15, 0.2) is 0 Å². The van der Waals surface area contributed by atoms with Gasteiger partial charge in [-0.2, -0.15) is 0 Å². The lowest BCUT2D eigenvalue weighted by Gasteiger charge is -2.03. The van der Waals surface area contributed by atoms with Crippen LogP contribution in [0.25, 0.3) is 21.0 Å². The Bertz CT molecular complexity index is 1000. The van der Waals surface area contributed by atoms with Crippen LogP contribution in [-0.4, -0.2) is 10.8 Å². The number of hydrogen-bond acceptors (Lipinski definition) is 3. The number of ketones is 1. The van der Waals surface area contributed by atoms with E-state index >= 15 is 0 Å². The number of carbonyl (C=O) groups excluding carboxylic acids is 1. The summed E-state index contributed by atoms with van der Waals surface area (Å²) in [6.45, 7) is 0. The van der Waals surface area contributed by atoms with Crippen molar-refractivity contribution in [2.75, 3.05) is 0 Å². The third-order valence-electron chi connectivity index (χ3n) is 4.42. The number of fused-ring (bicyclic) bond motifs is 2. The van der Waals surface area contributed by atoms with Crippen molar-refractivity contribution >= 4 is 38.1 Å². The number of hydrogen-bond donors (Lipinski definition) is 0. The zero-order chi connectivity index (χ0) is 17.1. The Morgan fingerprint density at radius 1 is 0.920 bits per heavy atom. The van der Waals surface area contributed by atoms with Crippen LogP contribution in [0, 0.1) is 0 Å². The Balaban J connectivity index is 1.33. The third-order valence-corrected chi connectivity index (χ3v) is 5.46. The first-order valence-electron chi connectivity index (χ1n) is 8.62. The van der Waals surface area contributed by atoms with E-state index in [9.17, 15) is 4.79 Å². The van der Waals surface area contributed by atoms with Crippen molar-refractivity contribution in [3.63, 3.8) is 0 Å². The molecule has 0 radical (unpaired) electrons. The maximum Gasteiger partial charge on any atom is 0.139 e. The predicted molar refractivity (Wildman–Crippen MR) is 105 cm³/mol. The molecule has 3 aromatic carbocycles. The molecule has 0 aliphatic rings. The number of para-hydroxylation sites is 1. The SMILES string of the molecule is O=C(CCCc1ccc2ccccc2c1)Cc1nc2ccccc2s1. The zero-order valence-electron chi connectivity index (χ0n) is 13.9. The molecule has 1 aromatic heterocycles. The lowest BCUT2D eigenvalue weighted by molar-refractivity contribution is -0.118. The molecule has 4 rings (SSSR count). The maximum absolute atomic E-state index is 12.3. The van der Waals surface area contributed by atoms with Crippen molar-refractivity contribution in [2.24, 2.45) is 0 Å². The fraction of sp³-hybridized carbons (Fsp3) is 0.182. The number of thiazole rings is 1. The van der Waals surface area contributed by atoms with Gasteiger partial charge in [0.2, 0.25) is 0 Å². The summed E-state index contributed by atoms with van der Waals surface area (Å²) < 4.78 is 1.15. The van der Waals surface area contributed by atoms with Gasteiger partial charge in [0, 0.05) is 6.42 Å². The van der Waals surface area contributed by atoms with Crippen LogP contribution >= 0.6 is 11.3 Å². The molecule has 0 saturated heterocycles. The minimum absolute atomic E-state index is 0.278. The molecule has 0 bridgehead atoms. The van der Waals surface area contributed by atoms with E-state index < -0.39 is 0 Å². The van der Waals surface area contributed by atoms with Gasteiger partial charge in [0.25, 0.3) is 0 Å². The summed E-state index contributed by atoms with van der Waals surface area (Å²) in [4.78, 5) is 16.8. The van der Waals surface area contributed by atoms with Crippen LogP contribution in [0.1, 0.15) is 23.4 Å². The molecule has 0 N–H and O–H groups in total. The Hall–Kier alpha value is -2.52. The van der Waals surface area contributed by atoms with Crippen LogP contribution in [-0.2, 0) is 17.6 Å². The van der Waals surface area contributed by atoms with Gasteiger partial charge >= 0.3 is 0 Å².